The molecule has 100 valence electrons. The number of pyridine rings is 1. The molecule has 0 bridgehead atoms. The maximum atomic E-state index is 6.34. The van der Waals surface area contributed by atoms with Gasteiger partial charge >= 0.3 is 0 Å². The van der Waals surface area contributed by atoms with Gasteiger partial charge in [0.1, 0.15) is 5.82 Å². The highest BCUT2D eigenvalue weighted by Gasteiger charge is 2.39. The molecule has 1 aliphatic heterocycles. The minimum atomic E-state index is -0.0232. The van der Waals surface area contributed by atoms with Gasteiger partial charge in [-0.15, -0.1) is 0 Å². The highest BCUT2D eigenvalue weighted by atomic mass is 79.9. The molecular formula is C15H18BrN3. The molecule has 2 aromatic rings. The normalized spacial score (nSPS) is 17.5. The molecule has 1 saturated heterocycles. The van der Waals surface area contributed by atoms with Crippen molar-refractivity contribution in [2.45, 2.75) is 25.3 Å². The van der Waals surface area contributed by atoms with Crippen LogP contribution in [0.15, 0.2) is 34.9 Å². The van der Waals surface area contributed by atoms with Crippen LogP contribution in [0.5, 0.6) is 0 Å². The van der Waals surface area contributed by atoms with Gasteiger partial charge in [0, 0.05) is 34.5 Å². The molecule has 1 fully saturated rings. The summed E-state index contributed by atoms with van der Waals surface area (Å²) in [5, 5.41) is 2.40. The van der Waals surface area contributed by atoms with Gasteiger partial charge in [-0.3, -0.25) is 0 Å². The summed E-state index contributed by atoms with van der Waals surface area (Å²) in [4.78, 5) is 6.83. The van der Waals surface area contributed by atoms with E-state index in [2.05, 4.69) is 50.9 Å². The summed E-state index contributed by atoms with van der Waals surface area (Å²) < 4.78 is 1.11. The van der Waals surface area contributed by atoms with Gasteiger partial charge in [0.25, 0.3) is 0 Å². The summed E-state index contributed by atoms with van der Waals surface area (Å²) >= 11 is 3.60. The van der Waals surface area contributed by atoms with Crippen LogP contribution in [0.4, 0.5) is 5.82 Å². The second-order valence-electron chi connectivity index (χ2n) is 5.44. The lowest BCUT2D eigenvalue weighted by atomic mass is 9.86. The summed E-state index contributed by atoms with van der Waals surface area (Å²) in [7, 11) is 0. The predicted octanol–water partition coefficient (Wildman–Crippen LogP) is 3.31. The van der Waals surface area contributed by atoms with Crippen molar-refractivity contribution < 1.29 is 0 Å². The zero-order valence-corrected chi connectivity index (χ0v) is 12.7. The molecule has 0 aliphatic carbocycles. The zero-order valence-electron chi connectivity index (χ0n) is 11.1. The summed E-state index contributed by atoms with van der Waals surface area (Å²) in [6.07, 6.45) is 4.09. The average Bonchev–Trinajstić information content (AvgIpc) is 2.36. The monoisotopic (exact) mass is 319 g/mol. The van der Waals surface area contributed by atoms with Gasteiger partial charge in [-0.25, -0.2) is 4.98 Å². The van der Waals surface area contributed by atoms with E-state index in [1.54, 1.807) is 0 Å². The highest BCUT2D eigenvalue weighted by molar-refractivity contribution is 9.10. The first kappa shape index (κ1) is 12.9. The molecule has 1 aliphatic rings. The number of nitrogens with zero attached hydrogens (tertiary/aromatic N) is 2. The molecule has 1 aromatic carbocycles. The van der Waals surface area contributed by atoms with Gasteiger partial charge in [0.2, 0.25) is 0 Å². The second-order valence-corrected chi connectivity index (χ2v) is 6.29. The quantitative estimate of drug-likeness (QED) is 0.943. The van der Waals surface area contributed by atoms with Crippen molar-refractivity contribution in [1.82, 2.24) is 4.98 Å². The molecule has 0 unspecified atom stereocenters. The van der Waals surface area contributed by atoms with Gasteiger partial charge < -0.3 is 10.6 Å². The van der Waals surface area contributed by atoms with Gasteiger partial charge in [-0.2, -0.15) is 0 Å². The summed E-state index contributed by atoms with van der Waals surface area (Å²) in [5.41, 5.74) is 6.31. The first-order valence-electron chi connectivity index (χ1n) is 6.70. The number of nitrogens with two attached hydrogens (primary N) is 1. The smallest absolute Gasteiger partial charge is 0.136 e. The molecule has 2 heterocycles. The Morgan fingerprint density at radius 3 is 2.84 bits per heavy atom. The number of hydrogen-bond acceptors (Lipinski definition) is 3. The molecule has 19 heavy (non-hydrogen) atoms. The number of benzene rings is 1. The molecule has 1 aromatic heterocycles. The second kappa shape index (κ2) is 4.76. The SMILES string of the molecule is CCCC1(N)CN(c2nccc3c(Br)cccc23)C1. The van der Waals surface area contributed by atoms with Crippen LogP contribution < -0.4 is 10.6 Å². The van der Waals surface area contributed by atoms with Gasteiger partial charge in [0.05, 0.1) is 5.54 Å². The Morgan fingerprint density at radius 2 is 2.11 bits per heavy atom. The van der Waals surface area contributed by atoms with E-state index in [0.29, 0.717) is 0 Å². The largest absolute Gasteiger partial charge is 0.352 e. The van der Waals surface area contributed by atoms with E-state index in [1.165, 1.54) is 10.8 Å². The Morgan fingerprint density at radius 1 is 1.32 bits per heavy atom. The third-order valence-corrected chi connectivity index (χ3v) is 4.48. The van der Waals surface area contributed by atoms with E-state index >= 15 is 0 Å². The Hall–Kier alpha value is -1.13. The van der Waals surface area contributed by atoms with Crippen molar-refractivity contribution in [2.75, 3.05) is 18.0 Å². The lowest BCUT2D eigenvalue weighted by Gasteiger charge is -2.48. The lowest BCUT2D eigenvalue weighted by Crippen LogP contribution is -2.67. The Balaban J connectivity index is 1.93. The van der Waals surface area contributed by atoms with Crippen LogP contribution in [0, 0.1) is 0 Å². The maximum absolute atomic E-state index is 6.34. The van der Waals surface area contributed by atoms with Crippen LogP contribution in [0.25, 0.3) is 10.8 Å². The summed E-state index contributed by atoms with van der Waals surface area (Å²) in [5.74, 6) is 1.05. The Bertz CT molecular complexity index is 605. The van der Waals surface area contributed by atoms with Crippen LogP contribution in [0.3, 0.4) is 0 Å². The molecule has 0 spiro atoms. The standard InChI is InChI=1S/C15H18BrN3/c1-2-7-15(17)9-19(10-15)14-12-4-3-5-13(16)11(12)6-8-18-14/h3-6,8H,2,7,9-10,17H2,1H3. The van der Waals surface area contributed by atoms with Crippen molar-refractivity contribution in [2.24, 2.45) is 5.73 Å². The van der Waals surface area contributed by atoms with Gasteiger partial charge in [-0.05, 0) is 18.6 Å². The number of fused-ring (bicyclic) bond motifs is 1. The van der Waals surface area contributed by atoms with Crippen molar-refractivity contribution in [3.63, 3.8) is 0 Å². The Labute approximate surface area is 121 Å². The fraction of sp³-hybridized carbons (Fsp3) is 0.400. The van der Waals surface area contributed by atoms with Crippen LogP contribution in [0.2, 0.25) is 0 Å². The van der Waals surface area contributed by atoms with E-state index in [1.807, 2.05) is 12.3 Å². The third kappa shape index (κ3) is 2.23. The van der Waals surface area contributed by atoms with E-state index in [4.69, 9.17) is 5.73 Å². The summed E-state index contributed by atoms with van der Waals surface area (Å²) in [6, 6.07) is 8.29. The van der Waals surface area contributed by atoms with Crippen molar-refractivity contribution in [3.05, 3.63) is 34.9 Å². The number of rotatable bonds is 3. The van der Waals surface area contributed by atoms with Crippen molar-refractivity contribution >= 4 is 32.5 Å². The van der Waals surface area contributed by atoms with Crippen LogP contribution >= 0.6 is 15.9 Å². The fourth-order valence-electron chi connectivity index (χ4n) is 2.93. The van der Waals surface area contributed by atoms with Crippen LogP contribution in [-0.4, -0.2) is 23.6 Å². The minimum absolute atomic E-state index is 0.0232. The van der Waals surface area contributed by atoms with Crippen molar-refractivity contribution in [1.29, 1.82) is 0 Å². The predicted molar refractivity (Wildman–Crippen MR) is 83.5 cm³/mol. The lowest BCUT2D eigenvalue weighted by molar-refractivity contribution is 0.306. The Kier molecular flexibility index (Phi) is 3.23. The fourth-order valence-corrected chi connectivity index (χ4v) is 3.42. The molecule has 2 N–H and O–H groups in total. The van der Waals surface area contributed by atoms with Crippen LogP contribution in [-0.2, 0) is 0 Å². The van der Waals surface area contributed by atoms with E-state index in [9.17, 15) is 0 Å². The third-order valence-electron chi connectivity index (χ3n) is 3.79. The molecule has 4 heteroatoms. The molecule has 3 rings (SSSR count). The molecule has 0 radical (unpaired) electrons. The zero-order chi connectivity index (χ0) is 13.5. The number of halogens is 1. The molecule has 3 nitrogen and oxygen atoms in total. The minimum Gasteiger partial charge on any atom is -0.352 e. The van der Waals surface area contributed by atoms with Gasteiger partial charge in [0.15, 0.2) is 0 Å². The number of anilines is 1. The molecule has 0 amide bonds. The topological polar surface area (TPSA) is 42.1 Å². The average molecular weight is 320 g/mol. The summed E-state index contributed by atoms with van der Waals surface area (Å²) in [6.45, 7) is 3.99. The van der Waals surface area contributed by atoms with E-state index in [-0.39, 0.29) is 5.54 Å². The van der Waals surface area contributed by atoms with E-state index in [0.717, 1.165) is 36.2 Å². The number of hydrogen-bond donors (Lipinski definition) is 1. The van der Waals surface area contributed by atoms with Gasteiger partial charge in [-0.1, -0.05) is 41.4 Å². The van der Waals surface area contributed by atoms with Crippen LogP contribution in [0.1, 0.15) is 19.8 Å². The first-order valence-corrected chi connectivity index (χ1v) is 7.49. The van der Waals surface area contributed by atoms with Crippen molar-refractivity contribution in [3.8, 4) is 0 Å². The first-order chi connectivity index (χ1) is 9.13. The molecular weight excluding hydrogens is 302 g/mol. The highest BCUT2D eigenvalue weighted by Crippen LogP contribution is 2.34. The number of aromatic nitrogens is 1. The molecule has 0 saturated carbocycles. The maximum Gasteiger partial charge on any atom is 0.136 e. The molecule has 0 atom stereocenters. The van der Waals surface area contributed by atoms with E-state index < -0.39 is 0 Å².